The third-order valence-corrected chi connectivity index (χ3v) is 5.31. The lowest BCUT2D eigenvalue weighted by Gasteiger charge is -2.32. The van der Waals surface area contributed by atoms with Crippen molar-refractivity contribution in [2.75, 3.05) is 0 Å². The van der Waals surface area contributed by atoms with E-state index in [0.29, 0.717) is 0 Å². The van der Waals surface area contributed by atoms with Crippen LogP contribution in [0, 0.1) is 0 Å². The number of nitrogens with one attached hydrogen (secondary N) is 15. The Bertz CT molecular complexity index is 655. The van der Waals surface area contributed by atoms with Crippen LogP contribution in [0.3, 0.4) is 0 Å². The number of amides is 4. The monoisotopic (exact) mass is 672 g/mol. The molecule has 26 nitrogen and oxygen atoms in total. The second-order valence-electron chi connectivity index (χ2n) is 9.68. The SMILES string of the molecule is C.C=C1NC(=O)NC(=O)N1.CC1NC(N)NC(N)N1.CC1NC(N)NC(N)N1.CC1NC(O)NC(O)N1.NC1NC(O)NC(O)N1. The van der Waals surface area contributed by atoms with Gasteiger partial charge in [0.1, 0.15) is 37.3 Å². The Morgan fingerprint density at radius 1 is 0.457 bits per heavy atom. The Labute approximate surface area is 266 Å². The molecule has 5 rings (SSSR count). The first-order valence-corrected chi connectivity index (χ1v) is 13.6. The first-order valence-electron chi connectivity index (χ1n) is 13.6. The molecule has 0 saturated carbocycles. The fourth-order valence-electron chi connectivity index (χ4n) is 3.63. The molecule has 29 N–H and O–H groups in total. The van der Waals surface area contributed by atoms with Crippen LogP contribution >= 0.6 is 0 Å². The predicted octanol–water partition coefficient (Wildman–Crippen LogP) is -10.5. The molecule has 272 valence electrons. The van der Waals surface area contributed by atoms with Crippen molar-refractivity contribution in [3.8, 4) is 0 Å². The van der Waals surface area contributed by atoms with Crippen molar-refractivity contribution >= 4 is 12.1 Å². The summed E-state index contributed by atoms with van der Waals surface area (Å²) in [5.41, 5.74) is 27.1. The zero-order valence-corrected chi connectivity index (χ0v) is 25.1. The predicted molar refractivity (Wildman–Crippen MR) is 166 cm³/mol. The van der Waals surface area contributed by atoms with Crippen LogP contribution in [0.15, 0.2) is 12.4 Å². The third kappa shape index (κ3) is 20.7. The zero-order valence-electron chi connectivity index (χ0n) is 25.1. The Morgan fingerprint density at radius 2 is 0.717 bits per heavy atom. The highest BCUT2D eigenvalue weighted by molar-refractivity contribution is 5.97. The summed E-state index contributed by atoms with van der Waals surface area (Å²) in [6.45, 7) is 9.03. The molecule has 4 amide bonds. The Morgan fingerprint density at radius 3 is 0.957 bits per heavy atom. The van der Waals surface area contributed by atoms with E-state index in [-0.39, 0.29) is 56.9 Å². The van der Waals surface area contributed by atoms with Gasteiger partial charge >= 0.3 is 12.1 Å². The first kappa shape index (κ1) is 43.6. The van der Waals surface area contributed by atoms with Crippen molar-refractivity contribution in [3.63, 3.8) is 0 Å². The summed E-state index contributed by atoms with van der Waals surface area (Å²) in [6.07, 6.45) is -4.63. The van der Waals surface area contributed by atoms with E-state index in [9.17, 15) is 9.59 Å². The van der Waals surface area contributed by atoms with Crippen LogP contribution in [0.25, 0.3) is 0 Å². The highest BCUT2D eigenvalue weighted by Gasteiger charge is 2.21. The molecule has 0 aromatic heterocycles. The number of rotatable bonds is 0. The molecule has 0 aliphatic carbocycles. The maximum atomic E-state index is 10.3. The summed E-state index contributed by atoms with van der Waals surface area (Å²) in [4.78, 5) is 20.7. The molecule has 5 aliphatic heterocycles. The van der Waals surface area contributed by atoms with Gasteiger partial charge in [-0.3, -0.25) is 69.1 Å². The summed E-state index contributed by atoms with van der Waals surface area (Å²) in [7, 11) is 0. The van der Waals surface area contributed by atoms with Gasteiger partial charge in [-0.1, -0.05) is 14.0 Å². The normalized spacial score (nSPS) is 38.7. The molecule has 5 fully saturated rings. The minimum absolute atomic E-state index is 0. The van der Waals surface area contributed by atoms with Crippen molar-refractivity contribution < 1.29 is 30.0 Å². The van der Waals surface area contributed by atoms with E-state index in [2.05, 4.69) is 81.0 Å². The lowest BCUT2D eigenvalue weighted by Crippen LogP contribution is -2.71. The second kappa shape index (κ2) is 22.3. The molecule has 46 heavy (non-hydrogen) atoms. The number of aliphatic hydroxyl groups is 4. The summed E-state index contributed by atoms with van der Waals surface area (Å²) in [5.74, 6) is 0.198. The van der Waals surface area contributed by atoms with E-state index in [0.717, 1.165) is 0 Å². The number of hydrogen-bond acceptors (Lipinski definition) is 23. The van der Waals surface area contributed by atoms with Crippen LogP contribution in [0.2, 0.25) is 0 Å². The van der Waals surface area contributed by atoms with E-state index in [4.69, 9.17) is 49.1 Å². The number of nitrogens with two attached hydrogens (primary N) is 5. The van der Waals surface area contributed by atoms with E-state index >= 15 is 0 Å². The molecule has 5 aliphatic rings. The maximum Gasteiger partial charge on any atom is 0.328 e. The molecule has 0 aromatic rings. The minimum atomic E-state index is -0.948. The largest absolute Gasteiger partial charge is 0.365 e. The molecular formula is C20H56N20O6. The van der Waals surface area contributed by atoms with Crippen molar-refractivity contribution in [1.29, 1.82) is 0 Å². The van der Waals surface area contributed by atoms with E-state index < -0.39 is 43.8 Å². The van der Waals surface area contributed by atoms with E-state index in [1.807, 2.05) is 19.2 Å². The maximum absolute atomic E-state index is 10.3. The van der Waals surface area contributed by atoms with Gasteiger partial charge in [-0.2, -0.15) is 0 Å². The van der Waals surface area contributed by atoms with E-state index in [1.54, 1.807) is 6.92 Å². The average molecular weight is 673 g/mol. The average Bonchev–Trinajstić information content (AvgIpc) is 2.81. The number of carbonyl (C=O) groups excluding carboxylic acids is 2. The van der Waals surface area contributed by atoms with Gasteiger partial charge in [-0.15, -0.1) is 0 Å². The van der Waals surface area contributed by atoms with Gasteiger partial charge in [0, 0.05) is 0 Å². The fraction of sp³-hybridized carbons (Fsp3) is 0.800. The minimum Gasteiger partial charge on any atom is -0.365 e. The molecule has 0 spiro atoms. The standard InChI is InChI=1S/2C4H13N5.C4H11N3O2.C4H5N3O2.C3H10N4O2.CH4/c2*1-2-7-3(5)9-4(6)8-2;2*1-2-5-3(8)7-4(9)6-2;4-1-5-2(8)7-3(9)6-1;/h2*2-4,7-9H,5-6H2,1H3;2-9H,1H3;1H2,(H3,5,6,7,8,9);1-3,5-9H,4H2;1H4. The van der Waals surface area contributed by atoms with Crippen molar-refractivity contribution in [2.45, 2.75) is 104 Å². The quantitative estimate of drug-likeness (QED) is 0.113. The summed E-state index contributed by atoms with van der Waals surface area (Å²) < 4.78 is 0. The van der Waals surface area contributed by atoms with Crippen molar-refractivity contribution in [2.24, 2.45) is 28.7 Å². The molecule has 0 aromatic carbocycles. The summed E-state index contributed by atoms with van der Waals surface area (Å²) >= 11 is 0. The van der Waals surface area contributed by atoms with Gasteiger partial charge in [-0.05, 0) is 20.8 Å². The Kier molecular flexibility index (Phi) is 21.1. The lowest BCUT2D eigenvalue weighted by molar-refractivity contribution is -0.0464. The second-order valence-corrected chi connectivity index (χ2v) is 9.68. The van der Waals surface area contributed by atoms with Crippen LogP contribution in [-0.4, -0.2) is 108 Å². The number of aliphatic hydroxyl groups excluding tert-OH is 4. The molecule has 5 heterocycles. The highest BCUT2D eigenvalue weighted by Crippen LogP contribution is 1.88. The van der Waals surface area contributed by atoms with Crippen molar-refractivity contribution in [1.82, 2.24) is 79.8 Å². The van der Waals surface area contributed by atoms with Gasteiger partial charge in [0.25, 0.3) is 0 Å². The van der Waals surface area contributed by atoms with Crippen molar-refractivity contribution in [3.05, 3.63) is 12.4 Å². The number of urea groups is 2. The number of imide groups is 1. The van der Waals surface area contributed by atoms with Gasteiger partial charge in [0.05, 0.1) is 18.5 Å². The van der Waals surface area contributed by atoms with Gasteiger partial charge in [0.15, 0.2) is 25.4 Å². The topological polar surface area (TPSA) is 426 Å². The molecule has 8 unspecified atom stereocenters. The Balaban J connectivity index is 0.000000547. The zero-order chi connectivity index (χ0) is 34.3. The molecular weight excluding hydrogens is 616 g/mol. The summed E-state index contributed by atoms with van der Waals surface area (Å²) in [5, 5.41) is 74.2. The van der Waals surface area contributed by atoms with Gasteiger partial charge in [0.2, 0.25) is 0 Å². The molecule has 8 atom stereocenters. The van der Waals surface area contributed by atoms with E-state index in [1.165, 1.54) is 0 Å². The van der Waals surface area contributed by atoms with Crippen LogP contribution in [0.4, 0.5) is 9.59 Å². The molecule has 5 saturated heterocycles. The smallest absolute Gasteiger partial charge is 0.328 e. The van der Waals surface area contributed by atoms with Crippen LogP contribution in [0.1, 0.15) is 28.2 Å². The lowest BCUT2D eigenvalue weighted by atomic mass is 10.4. The summed E-state index contributed by atoms with van der Waals surface area (Å²) in [6, 6.07) is -1.10. The third-order valence-electron chi connectivity index (χ3n) is 5.31. The number of hydrogen-bond donors (Lipinski definition) is 24. The van der Waals surface area contributed by atoms with Crippen LogP contribution in [-0.2, 0) is 0 Å². The number of carbonyl (C=O) groups is 2. The van der Waals surface area contributed by atoms with Crippen LogP contribution < -0.4 is 108 Å². The molecule has 0 radical (unpaired) electrons. The van der Waals surface area contributed by atoms with Gasteiger partial charge < -0.3 is 49.1 Å². The highest BCUT2D eigenvalue weighted by atomic mass is 16.3. The van der Waals surface area contributed by atoms with Gasteiger partial charge in [-0.25, -0.2) is 20.2 Å². The first-order chi connectivity index (χ1) is 20.9. The molecule has 26 heteroatoms. The molecule has 0 bridgehead atoms. The Hall–Kier alpha value is -2.36. The fourth-order valence-corrected chi connectivity index (χ4v) is 3.63. The van der Waals surface area contributed by atoms with Crippen LogP contribution in [0.5, 0.6) is 0 Å².